The van der Waals surface area contributed by atoms with Gasteiger partial charge in [-0.05, 0) is 41.1 Å². The highest BCUT2D eigenvalue weighted by Gasteiger charge is 2.08. The molecule has 3 aromatic carbocycles. The lowest BCUT2D eigenvalue weighted by Crippen LogP contribution is -2.11. The highest BCUT2D eigenvalue weighted by molar-refractivity contribution is 6.32. The third-order valence-corrected chi connectivity index (χ3v) is 3.52. The van der Waals surface area contributed by atoms with Crippen LogP contribution in [0.5, 0.6) is 5.75 Å². The van der Waals surface area contributed by atoms with E-state index in [1.54, 1.807) is 12.1 Å². The highest BCUT2D eigenvalue weighted by Crippen LogP contribution is 2.26. The molecule has 0 spiro atoms. The number of amides is 1. The minimum atomic E-state index is -0.220. The van der Waals surface area contributed by atoms with Crippen LogP contribution in [0.3, 0.4) is 0 Å². The summed E-state index contributed by atoms with van der Waals surface area (Å²) in [6.45, 7) is 0. The SMILES string of the molecule is O=C(Nc1ccc(O)c(Cl)c1)c1ccc2ccccc2c1. The Labute approximate surface area is 126 Å². The molecule has 0 atom stereocenters. The number of carbonyl (C=O) groups is 1. The first-order valence-electron chi connectivity index (χ1n) is 6.42. The molecule has 0 unspecified atom stereocenters. The van der Waals surface area contributed by atoms with Gasteiger partial charge in [0.05, 0.1) is 5.02 Å². The Hall–Kier alpha value is -2.52. The van der Waals surface area contributed by atoms with E-state index in [0.717, 1.165) is 10.8 Å². The Kier molecular flexibility index (Phi) is 3.50. The van der Waals surface area contributed by atoms with Crippen molar-refractivity contribution in [3.63, 3.8) is 0 Å². The first-order chi connectivity index (χ1) is 10.1. The molecule has 3 rings (SSSR count). The maximum atomic E-state index is 12.2. The number of fused-ring (bicyclic) bond motifs is 1. The molecule has 0 saturated heterocycles. The Morgan fingerprint density at radius 1 is 0.952 bits per heavy atom. The molecule has 2 N–H and O–H groups in total. The Balaban J connectivity index is 1.87. The summed E-state index contributed by atoms with van der Waals surface area (Å²) in [5, 5.41) is 14.4. The predicted octanol–water partition coefficient (Wildman–Crippen LogP) is 4.45. The number of halogens is 1. The number of anilines is 1. The van der Waals surface area contributed by atoms with Gasteiger partial charge in [-0.25, -0.2) is 0 Å². The topological polar surface area (TPSA) is 49.3 Å². The van der Waals surface area contributed by atoms with Crippen LogP contribution < -0.4 is 5.32 Å². The lowest BCUT2D eigenvalue weighted by atomic mass is 10.1. The van der Waals surface area contributed by atoms with E-state index in [-0.39, 0.29) is 16.7 Å². The number of hydrogen-bond donors (Lipinski definition) is 2. The van der Waals surface area contributed by atoms with Gasteiger partial charge in [0, 0.05) is 11.3 Å². The van der Waals surface area contributed by atoms with Crippen molar-refractivity contribution in [2.45, 2.75) is 0 Å². The Morgan fingerprint density at radius 3 is 2.48 bits per heavy atom. The monoisotopic (exact) mass is 297 g/mol. The summed E-state index contributed by atoms with van der Waals surface area (Å²) in [6.07, 6.45) is 0. The molecule has 3 nitrogen and oxygen atoms in total. The van der Waals surface area contributed by atoms with Gasteiger partial charge in [-0.1, -0.05) is 41.9 Å². The van der Waals surface area contributed by atoms with E-state index in [2.05, 4.69) is 5.32 Å². The van der Waals surface area contributed by atoms with E-state index in [1.807, 2.05) is 36.4 Å². The van der Waals surface area contributed by atoms with Crippen molar-refractivity contribution in [2.24, 2.45) is 0 Å². The van der Waals surface area contributed by atoms with E-state index < -0.39 is 0 Å². The van der Waals surface area contributed by atoms with Gasteiger partial charge in [0.1, 0.15) is 5.75 Å². The predicted molar refractivity (Wildman–Crippen MR) is 85.0 cm³/mol. The number of rotatable bonds is 2. The molecular weight excluding hydrogens is 286 g/mol. The number of phenolic OH excluding ortho intramolecular Hbond substituents is 1. The zero-order chi connectivity index (χ0) is 14.8. The van der Waals surface area contributed by atoms with Gasteiger partial charge in [-0.15, -0.1) is 0 Å². The molecule has 0 aliphatic heterocycles. The van der Waals surface area contributed by atoms with Gasteiger partial charge in [-0.3, -0.25) is 4.79 Å². The van der Waals surface area contributed by atoms with E-state index in [4.69, 9.17) is 11.6 Å². The number of nitrogens with one attached hydrogen (secondary N) is 1. The second-order valence-corrected chi connectivity index (χ2v) is 5.09. The second-order valence-electron chi connectivity index (χ2n) is 4.68. The average molecular weight is 298 g/mol. The minimum absolute atomic E-state index is 0.0135. The maximum Gasteiger partial charge on any atom is 0.255 e. The molecule has 1 amide bonds. The molecule has 3 aromatic rings. The summed E-state index contributed by atoms with van der Waals surface area (Å²) >= 11 is 5.82. The van der Waals surface area contributed by atoms with Crippen LogP contribution in [0.4, 0.5) is 5.69 Å². The normalized spacial score (nSPS) is 10.5. The van der Waals surface area contributed by atoms with Crippen molar-refractivity contribution in [3.8, 4) is 5.75 Å². The molecule has 0 bridgehead atoms. The number of hydrogen-bond acceptors (Lipinski definition) is 2. The van der Waals surface area contributed by atoms with Gasteiger partial charge in [-0.2, -0.15) is 0 Å². The van der Waals surface area contributed by atoms with Gasteiger partial charge in [0.15, 0.2) is 0 Å². The van der Waals surface area contributed by atoms with Crippen molar-refractivity contribution >= 4 is 34.0 Å². The smallest absolute Gasteiger partial charge is 0.255 e. The molecule has 21 heavy (non-hydrogen) atoms. The van der Waals surface area contributed by atoms with E-state index in [1.165, 1.54) is 12.1 Å². The zero-order valence-electron chi connectivity index (χ0n) is 11.0. The summed E-state index contributed by atoms with van der Waals surface area (Å²) < 4.78 is 0. The fourth-order valence-electron chi connectivity index (χ4n) is 2.12. The van der Waals surface area contributed by atoms with E-state index >= 15 is 0 Å². The third-order valence-electron chi connectivity index (χ3n) is 3.22. The van der Waals surface area contributed by atoms with Crippen LogP contribution in [0.1, 0.15) is 10.4 Å². The van der Waals surface area contributed by atoms with Crippen molar-refractivity contribution in [1.82, 2.24) is 0 Å². The summed E-state index contributed by atoms with van der Waals surface area (Å²) in [5.74, 6) is -0.233. The molecule has 0 heterocycles. The zero-order valence-corrected chi connectivity index (χ0v) is 11.8. The lowest BCUT2D eigenvalue weighted by Gasteiger charge is -2.07. The molecule has 0 aromatic heterocycles. The van der Waals surface area contributed by atoms with Crippen LogP contribution in [-0.2, 0) is 0 Å². The molecule has 104 valence electrons. The fraction of sp³-hybridized carbons (Fsp3) is 0. The molecular formula is C17H12ClNO2. The summed E-state index contributed by atoms with van der Waals surface area (Å²) in [5.41, 5.74) is 1.11. The van der Waals surface area contributed by atoms with Gasteiger partial charge >= 0.3 is 0 Å². The molecule has 4 heteroatoms. The van der Waals surface area contributed by atoms with Crippen molar-refractivity contribution in [3.05, 3.63) is 71.2 Å². The van der Waals surface area contributed by atoms with Crippen molar-refractivity contribution < 1.29 is 9.90 Å². The Bertz CT molecular complexity index is 830. The first kappa shape index (κ1) is 13.5. The van der Waals surface area contributed by atoms with E-state index in [0.29, 0.717) is 11.3 Å². The average Bonchev–Trinajstić information content (AvgIpc) is 2.50. The lowest BCUT2D eigenvalue weighted by molar-refractivity contribution is 0.102. The van der Waals surface area contributed by atoms with E-state index in [9.17, 15) is 9.90 Å². The van der Waals surface area contributed by atoms with Gasteiger partial charge < -0.3 is 10.4 Å². The number of carbonyl (C=O) groups excluding carboxylic acids is 1. The molecule has 0 aliphatic rings. The van der Waals surface area contributed by atoms with Gasteiger partial charge in [0.2, 0.25) is 0 Å². The fourth-order valence-corrected chi connectivity index (χ4v) is 2.30. The van der Waals surface area contributed by atoms with Crippen LogP contribution in [0.15, 0.2) is 60.7 Å². The van der Waals surface area contributed by atoms with Crippen LogP contribution in [-0.4, -0.2) is 11.0 Å². The van der Waals surface area contributed by atoms with Crippen molar-refractivity contribution in [2.75, 3.05) is 5.32 Å². The van der Waals surface area contributed by atoms with Crippen LogP contribution in [0, 0.1) is 0 Å². The minimum Gasteiger partial charge on any atom is -0.506 e. The molecule has 0 fully saturated rings. The summed E-state index contributed by atoms with van der Waals surface area (Å²) in [7, 11) is 0. The first-order valence-corrected chi connectivity index (χ1v) is 6.80. The standard InChI is InChI=1S/C17H12ClNO2/c18-15-10-14(7-8-16(15)20)19-17(21)13-6-5-11-3-1-2-4-12(11)9-13/h1-10,20H,(H,19,21). The van der Waals surface area contributed by atoms with Crippen LogP contribution in [0.2, 0.25) is 5.02 Å². The number of benzene rings is 3. The second kappa shape index (κ2) is 5.46. The summed E-state index contributed by atoms with van der Waals surface area (Å²) in [4.78, 5) is 12.2. The number of aromatic hydroxyl groups is 1. The molecule has 0 radical (unpaired) electrons. The van der Waals surface area contributed by atoms with Gasteiger partial charge in [0.25, 0.3) is 5.91 Å². The largest absolute Gasteiger partial charge is 0.506 e. The Morgan fingerprint density at radius 2 is 1.71 bits per heavy atom. The van der Waals surface area contributed by atoms with Crippen LogP contribution >= 0.6 is 11.6 Å². The third kappa shape index (κ3) is 2.83. The quantitative estimate of drug-likeness (QED) is 0.687. The van der Waals surface area contributed by atoms with Crippen LogP contribution in [0.25, 0.3) is 10.8 Å². The molecule has 0 saturated carbocycles. The highest BCUT2D eigenvalue weighted by atomic mass is 35.5. The molecule has 0 aliphatic carbocycles. The summed E-state index contributed by atoms with van der Waals surface area (Å²) in [6, 6.07) is 17.9. The number of phenols is 1. The maximum absolute atomic E-state index is 12.2. The van der Waals surface area contributed by atoms with Crippen molar-refractivity contribution in [1.29, 1.82) is 0 Å².